The topological polar surface area (TPSA) is 77.9 Å². The van der Waals surface area contributed by atoms with E-state index < -0.39 is 6.09 Å². The van der Waals surface area contributed by atoms with Gasteiger partial charge in [-0.2, -0.15) is 5.10 Å². The van der Waals surface area contributed by atoms with Crippen LogP contribution in [-0.2, 0) is 11.8 Å². The second-order valence-electron chi connectivity index (χ2n) is 9.28. The van der Waals surface area contributed by atoms with E-state index in [-0.39, 0.29) is 6.04 Å². The molecule has 0 spiro atoms. The number of amides is 1. The maximum Gasteiger partial charge on any atom is 0.411 e. The lowest BCUT2D eigenvalue weighted by atomic mass is 9.74. The summed E-state index contributed by atoms with van der Waals surface area (Å²) in [5, 5.41) is 7.61. The van der Waals surface area contributed by atoms with Crippen LogP contribution in [0.25, 0.3) is 11.3 Å². The zero-order chi connectivity index (χ0) is 24.4. The van der Waals surface area contributed by atoms with Gasteiger partial charge in [0.15, 0.2) is 11.5 Å². The lowest BCUT2D eigenvalue weighted by molar-refractivity contribution is -0.00222. The monoisotopic (exact) mass is 476 g/mol. The Labute approximate surface area is 205 Å². The van der Waals surface area contributed by atoms with Crippen molar-refractivity contribution in [3.8, 4) is 22.8 Å². The Hall–Kier alpha value is -3.52. The molecule has 3 fully saturated rings. The number of hydrogen-bond acceptors (Lipinski definition) is 6. The van der Waals surface area contributed by atoms with Crippen LogP contribution in [-0.4, -0.2) is 60.7 Å². The molecule has 8 nitrogen and oxygen atoms in total. The highest BCUT2D eigenvalue weighted by atomic mass is 16.5. The van der Waals surface area contributed by atoms with E-state index in [2.05, 4.69) is 16.3 Å². The van der Waals surface area contributed by atoms with Crippen LogP contribution in [0.2, 0.25) is 0 Å². The van der Waals surface area contributed by atoms with Crippen molar-refractivity contribution in [1.82, 2.24) is 14.7 Å². The molecule has 184 valence electrons. The first kappa shape index (κ1) is 23.2. The number of nitrogens with zero attached hydrogens (tertiary/aromatic N) is 3. The van der Waals surface area contributed by atoms with Crippen molar-refractivity contribution in [2.75, 3.05) is 39.2 Å². The molecule has 35 heavy (non-hydrogen) atoms. The van der Waals surface area contributed by atoms with Crippen molar-refractivity contribution < 1.29 is 19.0 Å². The first-order chi connectivity index (χ1) is 17.1. The SMILES string of the molecule is COc1ccc(-c2cc(C3CN4CCC3CC4COC(=O)Nc3ccccc3)n(C)n2)cc1OC. The van der Waals surface area contributed by atoms with Crippen molar-refractivity contribution in [1.29, 1.82) is 0 Å². The highest BCUT2D eigenvalue weighted by Gasteiger charge is 2.42. The molecule has 2 aromatic carbocycles. The number of nitrogens with one attached hydrogen (secondary N) is 1. The highest BCUT2D eigenvalue weighted by molar-refractivity contribution is 5.84. The quantitative estimate of drug-likeness (QED) is 0.540. The number of aryl methyl sites for hydroxylation is 1. The molecule has 1 aromatic heterocycles. The van der Waals surface area contributed by atoms with Gasteiger partial charge in [0, 0.05) is 42.5 Å². The minimum Gasteiger partial charge on any atom is -0.493 e. The third-order valence-corrected chi connectivity index (χ3v) is 7.28. The normalized spacial score (nSPS) is 23.1. The van der Waals surface area contributed by atoms with Crippen LogP contribution >= 0.6 is 0 Å². The average Bonchev–Trinajstić information content (AvgIpc) is 3.29. The molecule has 8 heteroatoms. The standard InChI is InChI=1S/C27H32N4O4/c1-30-24(15-23(29-30)19-9-10-25(33-2)26(14-19)34-3)22-16-31-12-11-18(22)13-21(31)17-35-27(32)28-20-7-5-4-6-8-20/h4-10,14-15,18,21-22H,11-13,16-17H2,1-3H3,(H,28,32). The van der Waals surface area contributed by atoms with Crippen molar-refractivity contribution >= 4 is 11.8 Å². The van der Waals surface area contributed by atoms with Crippen LogP contribution in [0.3, 0.4) is 0 Å². The van der Waals surface area contributed by atoms with Gasteiger partial charge in [0.25, 0.3) is 0 Å². The predicted octanol–water partition coefficient (Wildman–Crippen LogP) is 4.53. The number of carbonyl (C=O) groups is 1. The van der Waals surface area contributed by atoms with Gasteiger partial charge in [-0.15, -0.1) is 0 Å². The Morgan fingerprint density at radius 2 is 1.89 bits per heavy atom. The number of hydrogen-bond donors (Lipinski definition) is 1. The maximum atomic E-state index is 12.2. The molecule has 0 saturated carbocycles. The molecule has 2 bridgehead atoms. The molecule has 1 amide bonds. The second kappa shape index (κ2) is 10.00. The molecular weight excluding hydrogens is 444 g/mol. The summed E-state index contributed by atoms with van der Waals surface area (Å²) >= 11 is 0. The van der Waals surface area contributed by atoms with Gasteiger partial charge in [0.2, 0.25) is 0 Å². The Bertz CT molecular complexity index is 1180. The lowest BCUT2D eigenvalue weighted by Gasteiger charge is -2.49. The molecule has 6 rings (SSSR count). The van der Waals surface area contributed by atoms with Gasteiger partial charge in [0.05, 0.1) is 19.9 Å². The van der Waals surface area contributed by atoms with Gasteiger partial charge in [-0.1, -0.05) is 18.2 Å². The van der Waals surface area contributed by atoms with Crippen LogP contribution in [0, 0.1) is 5.92 Å². The van der Waals surface area contributed by atoms with Crippen molar-refractivity contribution in [2.24, 2.45) is 13.0 Å². The summed E-state index contributed by atoms with van der Waals surface area (Å²) in [6, 6.07) is 17.7. The minimum atomic E-state index is -0.401. The molecule has 4 heterocycles. The summed E-state index contributed by atoms with van der Waals surface area (Å²) in [6.45, 7) is 2.39. The summed E-state index contributed by atoms with van der Waals surface area (Å²) < 4.78 is 18.4. The molecule has 3 aliphatic heterocycles. The first-order valence-electron chi connectivity index (χ1n) is 12.0. The number of aromatic nitrogens is 2. The fourth-order valence-electron chi connectivity index (χ4n) is 5.46. The fraction of sp³-hybridized carbons (Fsp3) is 0.407. The molecule has 3 aromatic rings. The van der Waals surface area contributed by atoms with Gasteiger partial charge < -0.3 is 14.2 Å². The smallest absolute Gasteiger partial charge is 0.411 e. The van der Waals surface area contributed by atoms with Crippen LogP contribution < -0.4 is 14.8 Å². The number of anilines is 1. The summed E-state index contributed by atoms with van der Waals surface area (Å²) in [6.07, 6.45) is 1.76. The van der Waals surface area contributed by atoms with E-state index in [0.29, 0.717) is 29.9 Å². The lowest BCUT2D eigenvalue weighted by Crippen LogP contribution is -2.54. The van der Waals surface area contributed by atoms with Gasteiger partial charge in [0.1, 0.15) is 6.61 Å². The average molecular weight is 477 g/mol. The molecule has 4 atom stereocenters. The maximum absolute atomic E-state index is 12.2. The van der Waals surface area contributed by atoms with E-state index in [1.54, 1.807) is 14.2 Å². The number of ether oxygens (including phenoxy) is 3. The second-order valence-corrected chi connectivity index (χ2v) is 9.28. The number of benzene rings is 2. The van der Waals surface area contributed by atoms with Gasteiger partial charge in [-0.3, -0.25) is 14.9 Å². The molecular formula is C27H32N4O4. The van der Waals surface area contributed by atoms with E-state index in [4.69, 9.17) is 19.3 Å². The predicted molar refractivity (Wildman–Crippen MR) is 134 cm³/mol. The zero-order valence-electron chi connectivity index (χ0n) is 20.4. The first-order valence-corrected chi connectivity index (χ1v) is 12.0. The van der Waals surface area contributed by atoms with Crippen LogP contribution in [0.5, 0.6) is 11.5 Å². The largest absolute Gasteiger partial charge is 0.493 e. The van der Waals surface area contributed by atoms with E-state index in [1.807, 2.05) is 60.3 Å². The Morgan fingerprint density at radius 3 is 2.60 bits per heavy atom. The van der Waals surface area contributed by atoms with Gasteiger partial charge in [-0.25, -0.2) is 4.79 Å². The fourth-order valence-corrected chi connectivity index (χ4v) is 5.46. The minimum absolute atomic E-state index is 0.255. The zero-order valence-corrected chi connectivity index (χ0v) is 20.4. The summed E-state index contributed by atoms with van der Waals surface area (Å²) in [4.78, 5) is 14.7. The Balaban J connectivity index is 1.24. The van der Waals surface area contributed by atoms with Gasteiger partial charge in [-0.05, 0) is 61.7 Å². The molecule has 3 aliphatic rings. The third kappa shape index (κ3) is 4.84. The Kier molecular flexibility index (Phi) is 6.63. The molecule has 0 aliphatic carbocycles. The third-order valence-electron chi connectivity index (χ3n) is 7.28. The number of fused-ring (bicyclic) bond motifs is 3. The number of rotatable bonds is 7. The number of para-hydroxylation sites is 1. The molecule has 4 unspecified atom stereocenters. The summed E-state index contributed by atoms with van der Waals surface area (Å²) in [7, 11) is 5.30. The summed E-state index contributed by atoms with van der Waals surface area (Å²) in [5.74, 6) is 2.35. The number of piperidine rings is 3. The van der Waals surface area contributed by atoms with E-state index >= 15 is 0 Å². The molecule has 3 saturated heterocycles. The Morgan fingerprint density at radius 1 is 1.09 bits per heavy atom. The number of carbonyl (C=O) groups excluding carboxylic acids is 1. The van der Waals surface area contributed by atoms with Crippen LogP contribution in [0.1, 0.15) is 24.5 Å². The molecule has 0 radical (unpaired) electrons. The number of methoxy groups -OCH3 is 2. The van der Waals surface area contributed by atoms with Crippen LogP contribution in [0.15, 0.2) is 54.6 Å². The van der Waals surface area contributed by atoms with E-state index in [9.17, 15) is 4.79 Å². The highest BCUT2D eigenvalue weighted by Crippen LogP contribution is 2.43. The van der Waals surface area contributed by atoms with Crippen molar-refractivity contribution in [3.05, 3.63) is 60.3 Å². The van der Waals surface area contributed by atoms with Crippen molar-refractivity contribution in [2.45, 2.75) is 24.8 Å². The van der Waals surface area contributed by atoms with Gasteiger partial charge >= 0.3 is 6.09 Å². The van der Waals surface area contributed by atoms with E-state index in [1.165, 1.54) is 5.69 Å². The molecule has 1 N–H and O–H groups in total. The van der Waals surface area contributed by atoms with Crippen LogP contribution in [0.4, 0.5) is 10.5 Å². The van der Waals surface area contributed by atoms with E-state index in [0.717, 1.165) is 42.9 Å². The summed E-state index contributed by atoms with van der Waals surface area (Å²) in [5.41, 5.74) is 3.91. The van der Waals surface area contributed by atoms with Crippen molar-refractivity contribution in [3.63, 3.8) is 0 Å².